The Labute approximate surface area is 99.5 Å². The minimum absolute atomic E-state index is 0.351. The summed E-state index contributed by atoms with van der Waals surface area (Å²) in [7, 11) is 0. The van der Waals surface area contributed by atoms with Gasteiger partial charge in [-0.2, -0.15) is 0 Å². The number of aromatic amines is 1. The van der Waals surface area contributed by atoms with E-state index in [0.717, 1.165) is 10.9 Å². The van der Waals surface area contributed by atoms with Gasteiger partial charge in [0.2, 0.25) is 5.88 Å². The van der Waals surface area contributed by atoms with E-state index in [1.54, 1.807) is 6.92 Å². The molecule has 0 radical (unpaired) electrons. The molecule has 0 atom stereocenters. The Kier molecular flexibility index (Phi) is 3.32. The minimum Gasteiger partial charge on any atom is -0.479 e. The topological polar surface area (TPSA) is 51.3 Å². The van der Waals surface area contributed by atoms with Gasteiger partial charge in [0.15, 0.2) is 0 Å². The SMILES string of the molecule is CCOC(=O)c1c(OCC)[nH]c2ccccc12. The molecule has 90 valence electrons. The van der Waals surface area contributed by atoms with E-state index in [9.17, 15) is 4.79 Å². The molecule has 0 unspecified atom stereocenters. The molecule has 0 spiro atoms. The van der Waals surface area contributed by atoms with Gasteiger partial charge in [0.05, 0.1) is 13.2 Å². The fourth-order valence-corrected chi connectivity index (χ4v) is 1.78. The molecule has 0 aliphatic carbocycles. The Morgan fingerprint density at radius 3 is 2.71 bits per heavy atom. The highest BCUT2D eigenvalue weighted by Gasteiger charge is 2.20. The lowest BCUT2D eigenvalue weighted by Crippen LogP contribution is -2.06. The number of hydrogen-bond donors (Lipinski definition) is 1. The number of ether oxygens (including phenoxy) is 2. The molecule has 0 amide bonds. The van der Waals surface area contributed by atoms with Crippen molar-refractivity contribution in [1.29, 1.82) is 0 Å². The molecule has 0 fully saturated rings. The van der Waals surface area contributed by atoms with Gasteiger partial charge in [-0.1, -0.05) is 18.2 Å². The van der Waals surface area contributed by atoms with Crippen molar-refractivity contribution in [3.05, 3.63) is 29.8 Å². The first-order valence-electron chi connectivity index (χ1n) is 5.68. The van der Waals surface area contributed by atoms with Crippen LogP contribution in [0.25, 0.3) is 10.9 Å². The average Bonchev–Trinajstić information content (AvgIpc) is 2.67. The second-order valence-corrected chi connectivity index (χ2v) is 3.53. The third-order valence-electron chi connectivity index (χ3n) is 2.44. The maximum absolute atomic E-state index is 11.9. The van der Waals surface area contributed by atoms with E-state index in [4.69, 9.17) is 9.47 Å². The molecule has 4 nitrogen and oxygen atoms in total. The lowest BCUT2D eigenvalue weighted by molar-refractivity contribution is 0.0524. The summed E-state index contributed by atoms with van der Waals surface area (Å²) >= 11 is 0. The van der Waals surface area contributed by atoms with Gasteiger partial charge in [-0.05, 0) is 19.9 Å². The van der Waals surface area contributed by atoms with Crippen LogP contribution in [0.2, 0.25) is 0 Å². The summed E-state index contributed by atoms with van der Waals surface area (Å²) in [6.07, 6.45) is 0. The molecule has 1 heterocycles. The molecule has 1 N–H and O–H groups in total. The number of H-pyrrole nitrogens is 1. The second-order valence-electron chi connectivity index (χ2n) is 3.53. The predicted octanol–water partition coefficient (Wildman–Crippen LogP) is 2.74. The van der Waals surface area contributed by atoms with Crippen molar-refractivity contribution < 1.29 is 14.3 Å². The standard InChI is InChI=1S/C13H15NO3/c1-3-16-12-11(13(15)17-4-2)9-7-5-6-8-10(9)14-12/h5-8,14H,3-4H2,1-2H3. The Morgan fingerprint density at radius 1 is 1.24 bits per heavy atom. The molecular formula is C13H15NO3. The van der Waals surface area contributed by atoms with Gasteiger partial charge in [-0.3, -0.25) is 0 Å². The summed E-state index contributed by atoms with van der Waals surface area (Å²) in [5, 5.41) is 0.828. The molecule has 0 aliphatic rings. The van der Waals surface area contributed by atoms with Crippen LogP contribution < -0.4 is 4.74 Å². The van der Waals surface area contributed by atoms with Crippen LogP contribution in [0.4, 0.5) is 0 Å². The summed E-state index contributed by atoms with van der Waals surface area (Å²) in [6.45, 7) is 4.51. The molecule has 4 heteroatoms. The quantitative estimate of drug-likeness (QED) is 0.826. The number of rotatable bonds is 4. The van der Waals surface area contributed by atoms with Crippen molar-refractivity contribution in [2.45, 2.75) is 13.8 Å². The molecule has 2 rings (SSSR count). The number of hydrogen-bond acceptors (Lipinski definition) is 3. The van der Waals surface area contributed by atoms with Crippen LogP contribution in [0.5, 0.6) is 5.88 Å². The number of carbonyl (C=O) groups is 1. The molecular weight excluding hydrogens is 218 g/mol. The van der Waals surface area contributed by atoms with Gasteiger partial charge >= 0.3 is 5.97 Å². The third kappa shape index (κ3) is 2.11. The number of carbonyl (C=O) groups excluding carboxylic acids is 1. The molecule has 0 aliphatic heterocycles. The van der Waals surface area contributed by atoms with E-state index in [-0.39, 0.29) is 5.97 Å². The number of nitrogens with one attached hydrogen (secondary N) is 1. The fourth-order valence-electron chi connectivity index (χ4n) is 1.78. The number of benzene rings is 1. The van der Waals surface area contributed by atoms with Crippen molar-refractivity contribution >= 4 is 16.9 Å². The lowest BCUT2D eigenvalue weighted by atomic mass is 10.2. The van der Waals surface area contributed by atoms with Crippen molar-refractivity contribution in [2.75, 3.05) is 13.2 Å². The first-order chi connectivity index (χ1) is 8.27. The van der Waals surface area contributed by atoms with Crippen LogP contribution in [0.1, 0.15) is 24.2 Å². The molecule has 1 aromatic carbocycles. The van der Waals surface area contributed by atoms with Crippen LogP contribution in [0.15, 0.2) is 24.3 Å². The average molecular weight is 233 g/mol. The van der Waals surface area contributed by atoms with E-state index < -0.39 is 0 Å². The molecule has 0 saturated carbocycles. The highest BCUT2D eigenvalue weighted by atomic mass is 16.5. The normalized spacial score (nSPS) is 10.5. The van der Waals surface area contributed by atoms with Gasteiger partial charge in [-0.15, -0.1) is 0 Å². The van der Waals surface area contributed by atoms with Crippen LogP contribution in [0, 0.1) is 0 Å². The van der Waals surface area contributed by atoms with Crippen LogP contribution in [-0.4, -0.2) is 24.2 Å². The van der Waals surface area contributed by atoms with Gasteiger partial charge in [0.1, 0.15) is 5.56 Å². The Morgan fingerprint density at radius 2 is 2.00 bits per heavy atom. The van der Waals surface area contributed by atoms with Crippen LogP contribution >= 0.6 is 0 Å². The van der Waals surface area contributed by atoms with Crippen molar-refractivity contribution in [3.8, 4) is 5.88 Å². The van der Waals surface area contributed by atoms with Gasteiger partial charge < -0.3 is 14.5 Å². The summed E-state index contributed by atoms with van der Waals surface area (Å²) in [5.41, 5.74) is 1.35. The lowest BCUT2D eigenvalue weighted by Gasteiger charge is -2.04. The zero-order valence-electron chi connectivity index (χ0n) is 9.95. The zero-order valence-corrected chi connectivity index (χ0v) is 9.95. The van der Waals surface area contributed by atoms with Crippen molar-refractivity contribution in [1.82, 2.24) is 4.98 Å². The second kappa shape index (κ2) is 4.91. The molecule has 1 aromatic heterocycles. The van der Waals surface area contributed by atoms with E-state index in [2.05, 4.69) is 4.98 Å². The minimum atomic E-state index is -0.353. The fraction of sp³-hybridized carbons (Fsp3) is 0.308. The van der Waals surface area contributed by atoms with Crippen LogP contribution in [0.3, 0.4) is 0 Å². The summed E-state index contributed by atoms with van der Waals surface area (Å²) in [4.78, 5) is 15.0. The largest absolute Gasteiger partial charge is 0.479 e. The number of esters is 1. The van der Waals surface area contributed by atoms with E-state index >= 15 is 0 Å². The zero-order chi connectivity index (χ0) is 12.3. The monoisotopic (exact) mass is 233 g/mol. The van der Waals surface area contributed by atoms with E-state index in [1.165, 1.54) is 0 Å². The summed E-state index contributed by atoms with van der Waals surface area (Å²) in [5.74, 6) is 0.126. The number of fused-ring (bicyclic) bond motifs is 1. The highest BCUT2D eigenvalue weighted by Crippen LogP contribution is 2.28. The molecule has 17 heavy (non-hydrogen) atoms. The predicted molar refractivity (Wildman–Crippen MR) is 65.4 cm³/mol. The molecule has 2 aromatic rings. The van der Waals surface area contributed by atoms with E-state index in [0.29, 0.717) is 24.7 Å². The Bertz CT molecular complexity index is 530. The maximum Gasteiger partial charge on any atom is 0.344 e. The third-order valence-corrected chi connectivity index (χ3v) is 2.44. The van der Waals surface area contributed by atoms with Gasteiger partial charge in [0, 0.05) is 10.9 Å². The highest BCUT2D eigenvalue weighted by molar-refractivity contribution is 6.06. The van der Waals surface area contributed by atoms with Crippen molar-refractivity contribution in [3.63, 3.8) is 0 Å². The summed E-state index contributed by atoms with van der Waals surface area (Å²) in [6, 6.07) is 7.57. The van der Waals surface area contributed by atoms with Crippen molar-refractivity contribution in [2.24, 2.45) is 0 Å². The Balaban J connectivity index is 2.55. The smallest absolute Gasteiger partial charge is 0.344 e. The first kappa shape index (κ1) is 11.5. The number of para-hydroxylation sites is 1. The summed E-state index contributed by atoms with van der Waals surface area (Å²) < 4.78 is 10.5. The number of aromatic nitrogens is 1. The van der Waals surface area contributed by atoms with Gasteiger partial charge in [0.25, 0.3) is 0 Å². The maximum atomic E-state index is 11.9. The molecule has 0 bridgehead atoms. The van der Waals surface area contributed by atoms with Gasteiger partial charge in [-0.25, -0.2) is 4.79 Å². The molecule has 0 saturated heterocycles. The van der Waals surface area contributed by atoms with Crippen LogP contribution in [-0.2, 0) is 4.74 Å². The van der Waals surface area contributed by atoms with E-state index in [1.807, 2.05) is 31.2 Å². The first-order valence-corrected chi connectivity index (χ1v) is 5.68. The Hall–Kier alpha value is -1.97.